The zero-order chi connectivity index (χ0) is 13.7. The zero-order valence-electron chi connectivity index (χ0n) is 11.9. The number of hydrogen-bond donors (Lipinski definition) is 1. The van der Waals surface area contributed by atoms with Gasteiger partial charge in [0.05, 0.1) is 0 Å². The van der Waals surface area contributed by atoms with Crippen molar-refractivity contribution >= 4 is 27.7 Å². The Labute approximate surface area is 130 Å². The van der Waals surface area contributed by atoms with E-state index in [1.165, 1.54) is 35.7 Å². The Morgan fingerprint density at radius 3 is 2.68 bits per heavy atom. The maximum absolute atomic E-state index is 3.80. The molecule has 1 atom stereocenters. The van der Waals surface area contributed by atoms with Gasteiger partial charge < -0.3 is 5.32 Å². The fourth-order valence-corrected chi connectivity index (χ4v) is 4.34. The van der Waals surface area contributed by atoms with Gasteiger partial charge in [-0.1, -0.05) is 47.8 Å². The lowest BCUT2D eigenvalue weighted by Crippen LogP contribution is -2.37. The minimum absolute atomic E-state index is 0.474. The van der Waals surface area contributed by atoms with Gasteiger partial charge in [-0.3, -0.25) is 0 Å². The lowest BCUT2D eigenvalue weighted by Gasteiger charge is -2.30. The van der Waals surface area contributed by atoms with Crippen molar-refractivity contribution in [3.05, 3.63) is 34.3 Å². The summed E-state index contributed by atoms with van der Waals surface area (Å²) in [4.78, 5) is 0. The van der Waals surface area contributed by atoms with E-state index in [2.05, 4.69) is 70.5 Å². The average Bonchev–Trinajstić information content (AvgIpc) is 2.89. The van der Waals surface area contributed by atoms with Crippen LogP contribution in [0.4, 0.5) is 0 Å². The first kappa shape index (κ1) is 15.4. The highest BCUT2D eigenvalue weighted by molar-refractivity contribution is 9.10. The summed E-state index contributed by atoms with van der Waals surface area (Å²) in [5, 5.41) is 3.80. The molecule has 0 saturated heterocycles. The Morgan fingerprint density at radius 1 is 1.37 bits per heavy atom. The number of hydrogen-bond acceptors (Lipinski definition) is 2. The molecule has 0 heterocycles. The van der Waals surface area contributed by atoms with Crippen LogP contribution in [0.5, 0.6) is 0 Å². The number of thioether (sulfide) groups is 1. The van der Waals surface area contributed by atoms with Crippen LogP contribution in [0.15, 0.2) is 28.7 Å². The van der Waals surface area contributed by atoms with Crippen LogP contribution < -0.4 is 5.32 Å². The first-order chi connectivity index (χ1) is 9.19. The summed E-state index contributed by atoms with van der Waals surface area (Å²) < 4.78 is 1.66. The van der Waals surface area contributed by atoms with Crippen molar-refractivity contribution in [3.8, 4) is 0 Å². The second kappa shape index (κ2) is 7.14. The van der Waals surface area contributed by atoms with Crippen LogP contribution in [0, 0.1) is 0 Å². The first-order valence-corrected chi connectivity index (χ1v) is 9.25. The molecule has 1 unspecified atom stereocenters. The monoisotopic (exact) mass is 341 g/mol. The SMILES string of the molecule is CCC(NCC1(SC)CCCC1)c1cccc(Br)c1. The molecule has 1 N–H and O–H groups in total. The lowest BCUT2D eigenvalue weighted by atomic mass is 10.0. The van der Waals surface area contributed by atoms with Crippen LogP contribution in [-0.4, -0.2) is 17.5 Å². The van der Waals surface area contributed by atoms with Gasteiger partial charge in [-0.2, -0.15) is 11.8 Å². The molecule has 0 aliphatic heterocycles. The molecule has 0 spiro atoms. The minimum Gasteiger partial charge on any atom is -0.309 e. The van der Waals surface area contributed by atoms with Gasteiger partial charge in [0.25, 0.3) is 0 Å². The first-order valence-electron chi connectivity index (χ1n) is 7.23. The molecule has 3 heteroatoms. The second-order valence-electron chi connectivity index (χ2n) is 5.49. The Bertz CT molecular complexity index is 401. The Morgan fingerprint density at radius 2 is 2.11 bits per heavy atom. The zero-order valence-corrected chi connectivity index (χ0v) is 14.3. The predicted octanol–water partition coefficient (Wildman–Crippen LogP) is 5.17. The smallest absolute Gasteiger partial charge is 0.0318 e. The molecule has 1 aromatic rings. The molecule has 2 rings (SSSR count). The largest absolute Gasteiger partial charge is 0.309 e. The Kier molecular flexibility index (Phi) is 5.79. The van der Waals surface area contributed by atoms with Gasteiger partial charge in [-0.05, 0) is 43.2 Å². The molecule has 1 aromatic carbocycles. The van der Waals surface area contributed by atoms with E-state index in [-0.39, 0.29) is 0 Å². The molecule has 106 valence electrons. The third-order valence-corrected chi connectivity index (χ3v) is 6.19. The minimum atomic E-state index is 0.474. The van der Waals surface area contributed by atoms with Crippen LogP contribution in [0.2, 0.25) is 0 Å². The van der Waals surface area contributed by atoms with Crippen LogP contribution in [0.25, 0.3) is 0 Å². The van der Waals surface area contributed by atoms with Gasteiger partial charge in [0.2, 0.25) is 0 Å². The number of rotatable bonds is 6. The Balaban J connectivity index is 1.99. The summed E-state index contributed by atoms with van der Waals surface area (Å²) in [6, 6.07) is 9.16. The van der Waals surface area contributed by atoms with Gasteiger partial charge in [-0.15, -0.1) is 0 Å². The molecule has 1 nitrogen and oxygen atoms in total. The molecular formula is C16H24BrNS. The Hall–Kier alpha value is 0.01000. The summed E-state index contributed by atoms with van der Waals surface area (Å²) in [6.45, 7) is 3.40. The standard InChI is InChI=1S/C16H24BrNS/c1-3-15(13-7-6-8-14(17)11-13)18-12-16(19-2)9-4-5-10-16/h6-8,11,15,18H,3-5,9-10,12H2,1-2H3. The van der Waals surface area contributed by atoms with Crippen LogP contribution >= 0.6 is 27.7 Å². The molecule has 1 fully saturated rings. The van der Waals surface area contributed by atoms with E-state index in [1.54, 1.807) is 0 Å². The maximum Gasteiger partial charge on any atom is 0.0318 e. The average molecular weight is 342 g/mol. The molecule has 0 radical (unpaired) electrons. The third kappa shape index (κ3) is 3.99. The third-order valence-electron chi connectivity index (χ3n) is 4.28. The van der Waals surface area contributed by atoms with Gasteiger partial charge in [0, 0.05) is 21.8 Å². The van der Waals surface area contributed by atoms with E-state index in [4.69, 9.17) is 0 Å². The van der Waals surface area contributed by atoms with Gasteiger partial charge in [-0.25, -0.2) is 0 Å². The lowest BCUT2D eigenvalue weighted by molar-refractivity contribution is 0.458. The highest BCUT2D eigenvalue weighted by atomic mass is 79.9. The summed E-state index contributed by atoms with van der Waals surface area (Å²) in [5.74, 6) is 0. The van der Waals surface area contributed by atoms with E-state index >= 15 is 0 Å². The molecule has 1 aliphatic rings. The van der Waals surface area contributed by atoms with E-state index in [1.807, 2.05) is 0 Å². The van der Waals surface area contributed by atoms with Crippen molar-refractivity contribution in [1.82, 2.24) is 5.32 Å². The fourth-order valence-electron chi connectivity index (χ4n) is 3.00. The van der Waals surface area contributed by atoms with Crippen molar-refractivity contribution in [2.24, 2.45) is 0 Å². The van der Waals surface area contributed by atoms with Crippen LogP contribution in [-0.2, 0) is 0 Å². The van der Waals surface area contributed by atoms with E-state index in [0.717, 1.165) is 13.0 Å². The van der Waals surface area contributed by atoms with Gasteiger partial charge in [0.1, 0.15) is 0 Å². The fraction of sp³-hybridized carbons (Fsp3) is 0.625. The molecule has 1 aliphatic carbocycles. The topological polar surface area (TPSA) is 12.0 Å². The van der Waals surface area contributed by atoms with Gasteiger partial charge >= 0.3 is 0 Å². The van der Waals surface area contributed by atoms with Crippen LogP contribution in [0.3, 0.4) is 0 Å². The number of nitrogens with one attached hydrogen (secondary N) is 1. The molecular weight excluding hydrogens is 318 g/mol. The van der Waals surface area contributed by atoms with Crippen molar-refractivity contribution in [2.45, 2.75) is 49.8 Å². The highest BCUT2D eigenvalue weighted by Gasteiger charge is 2.33. The molecule has 19 heavy (non-hydrogen) atoms. The van der Waals surface area contributed by atoms with Crippen LogP contribution in [0.1, 0.15) is 50.6 Å². The molecule has 0 aromatic heterocycles. The van der Waals surface area contributed by atoms with Crippen molar-refractivity contribution < 1.29 is 0 Å². The van der Waals surface area contributed by atoms with E-state index in [9.17, 15) is 0 Å². The summed E-state index contributed by atoms with van der Waals surface area (Å²) >= 11 is 5.63. The summed E-state index contributed by atoms with van der Waals surface area (Å²) in [6.07, 6.45) is 8.95. The molecule has 1 saturated carbocycles. The normalized spacial score (nSPS) is 19.5. The predicted molar refractivity (Wildman–Crippen MR) is 89.9 cm³/mol. The number of benzene rings is 1. The van der Waals surface area contributed by atoms with Crippen molar-refractivity contribution in [1.29, 1.82) is 0 Å². The van der Waals surface area contributed by atoms with E-state index in [0.29, 0.717) is 10.8 Å². The van der Waals surface area contributed by atoms with Crippen molar-refractivity contribution in [3.63, 3.8) is 0 Å². The maximum atomic E-state index is 3.80. The van der Waals surface area contributed by atoms with E-state index < -0.39 is 0 Å². The number of halogens is 1. The van der Waals surface area contributed by atoms with Gasteiger partial charge in [0.15, 0.2) is 0 Å². The quantitative estimate of drug-likeness (QED) is 0.766. The summed E-state index contributed by atoms with van der Waals surface area (Å²) in [5.41, 5.74) is 1.39. The molecule has 0 amide bonds. The highest BCUT2D eigenvalue weighted by Crippen LogP contribution is 2.40. The molecule has 0 bridgehead atoms. The summed E-state index contributed by atoms with van der Waals surface area (Å²) in [7, 11) is 0. The second-order valence-corrected chi connectivity index (χ2v) is 7.68. The van der Waals surface area contributed by atoms with Crippen molar-refractivity contribution in [2.75, 3.05) is 12.8 Å².